The molecule has 1 aliphatic rings. The molecule has 1 aliphatic carbocycles. The summed E-state index contributed by atoms with van der Waals surface area (Å²) in [6.07, 6.45) is -2.97. The fourth-order valence-electron chi connectivity index (χ4n) is 3.21. The van der Waals surface area contributed by atoms with Crippen molar-refractivity contribution in [3.63, 3.8) is 0 Å². The zero-order valence-electron chi connectivity index (χ0n) is 11.5. The van der Waals surface area contributed by atoms with Crippen molar-refractivity contribution in [1.29, 1.82) is 10.5 Å². The predicted octanol–water partition coefficient (Wildman–Crippen LogP) is 3.41. The summed E-state index contributed by atoms with van der Waals surface area (Å²) in [6, 6.07) is 3.72. The molecule has 0 spiro atoms. The highest BCUT2D eigenvalue weighted by atomic mass is 19.4. The average Bonchev–Trinajstić information content (AvgIpc) is 2.39. The van der Waals surface area contributed by atoms with Gasteiger partial charge in [-0.15, -0.1) is 0 Å². The molecule has 0 aliphatic heterocycles. The normalized spacial score (nSPS) is 25.6. The summed E-state index contributed by atoms with van der Waals surface area (Å²) in [4.78, 5) is 0. The Kier molecular flexibility index (Phi) is 5.42. The molecule has 0 aromatic rings. The van der Waals surface area contributed by atoms with Crippen LogP contribution < -0.4 is 0 Å². The smallest absolute Gasteiger partial charge is 0.389 e. The molecular weight excluding hydrogens is 269 g/mol. The lowest BCUT2D eigenvalue weighted by atomic mass is 9.61. The third-order valence-corrected chi connectivity index (χ3v) is 4.37. The van der Waals surface area contributed by atoms with Crippen molar-refractivity contribution in [2.45, 2.75) is 45.2 Å². The number of halogens is 3. The third kappa shape index (κ3) is 3.64. The van der Waals surface area contributed by atoms with Crippen LogP contribution in [0.25, 0.3) is 0 Å². The first-order chi connectivity index (χ1) is 9.29. The van der Waals surface area contributed by atoms with Crippen LogP contribution in [0.1, 0.15) is 39.0 Å². The van der Waals surface area contributed by atoms with Crippen LogP contribution in [0.2, 0.25) is 0 Å². The minimum absolute atomic E-state index is 0.0205. The Morgan fingerprint density at radius 2 is 1.85 bits per heavy atom. The van der Waals surface area contributed by atoms with E-state index in [1.165, 1.54) is 6.92 Å². The molecule has 0 radical (unpaired) electrons. The van der Waals surface area contributed by atoms with E-state index in [9.17, 15) is 28.8 Å². The van der Waals surface area contributed by atoms with Crippen LogP contribution in [0.5, 0.6) is 0 Å². The Hall–Kier alpha value is -1.27. The van der Waals surface area contributed by atoms with Gasteiger partial charge in [0.2, 0.25) is 0 Å². The van der Waals surface area contributed by atoms with Crippen molar-refractivity contribution in [3.8, 4) is 12.1 Å². The molecule has 112 valence electrons. The summed E-state index contributed by atoms with van der Waals surface area (Å²) >= 11 is 0. The molecule has 1 fully saturated rings. The first-order valence-corrected chi connectivity index (χ1v) is 6.79. The Labute approximate surface area is 117 Å². The SMILES string of the molecule is CC(CC(F)(F)F)C(C#N)(C#N)[C@H]1CCC[C@@H](CO)C1. The van der Waals surface area contributed by atoms with Gasteiger partial charge in [0.1, 0.15) is 5.41 Å². The molecule has 1 rings (SSSR count). The lowest BCUT2D eigenvalue weighted by Gasteiger charge is -2.39. The van der Waals surface area contributed by atoms with Gasteiger partial charge in [-0.05, 0) is 37.0 Å². The molecular formula is C14H19F3N2O. The van der Waals surface area contributed by atoms with Gasteiger partial charge in [-0.25, -0.2) is 0 Å². The van der Waals surface area contributed by atoms with E-state index >= 15 is 0 Å². The van der Waals surface area contributed by atoms with Crippen molar-refractivity contribution < 1.29 is 18.3 Å². The van der Waals surface area contributed by atoms with Gasteiger partial charge in [-0.3, -0.25) is 0 Å². The van der Waals surface area contributed by atoms with E-state index in [0.29, 0.717) is 12.8 Å². The second-order valence-electron chi connectivity index (χ2n) is 5.73. The fourth-order valence-corrected chi connectivity index (χ4v) is 3.21. The summed E-state index contributed by atoms with van der Waals surface area (Å²) < 4.78 is 37.7. The molecule has 1 unspecified atom stereocenters. The van der Waals surface area contributed by atoms with Crippen molar-refractivity contribution >= 4 is 0 Å². The highest BCUT2D eigenvalue weighted by Gasteiger charge is 2.49. The Morgan fingerprint density at radius 1 is 1.25 bits per heavy atom. The van der Waals surface area contributed by atoms with E-state index in [2.05, 4.69) is 0 Å². The molecule has 0 bridgehead atoms. The Morgan fingerprint density at radius 3 is 2.30 bits per heavy atom. The number of hydrogen-bond acceptors (Lipinski definition) is 3. The standard InChI is InChI=1S/C14H19F3N2O/c1-10(6-14(15,16)17)13(8-18,9-19)12-4-2-3-11(5-12)7-20/h10-12,20H,2-7H2,1H3/t10?,11-,12+/m1/s1. The van der Waals surface area contributed by atoms with Crippen molar-refractivity contribution in [2.75, 3.05) is 6.61 Å². The number of nitrogens with zero attached hydrogens (tertiary/aromatic N) is 2. The number of aliphatic hydroxyl groups excluding tert-OH is 1. The van der Waals surface area contributed by atoms with Crippen molar-refractivity contribution in [1.82, 2.24) is 0 Å². The molecule has 1 N–H and O–H groups in total. The molecule has 3 nitrogen and oxygen atoms in total. The maximum Gasteiger partial charge on any atom is 0.389 e. The van der Waals surface area contributed by atoms with Gasteiger partial charge in [-0.2, -0.15) is 23.7 Å². The largest absolute Gasteiger partial charge is 0.396 e. The number of alkyl halides is 3. The maximum absolute atomic E-state index is 12.6. The van der Waals surface area contributed by atoms with Crippen LogP contribution in [0, 0.1) is 45.8 Å². The van der Waals surface area contributed by atoms with Crippen LogP contribution in [0.15, 0.2) is 0 Å². The molecule has 6 heteroatoms. The van der Waals surface area contributed by atoms with Crippen LogP contribution >= 0.6 is 0 Å². The molecule has 0 aromatic heterocycles. The van der Waals surface area contributed by atoms with Gasteiger partial charge < -0.3 is 5.11 Å². The van der Waals surface area contributed by atoms with Gasteiger partial charge >= 0.3 is 6.18 Å². The number of hydrogen-bond donors (Lipinski definition) is 1. The van der Waals surface area contributed by atoms with Crippen LogP contribution in [0.3, 0.4) is 0 Å². The molecule has 0 amide bonds. The second kappa shape index (κ2) is 6.45. The molecule has 1 saturated carbocycles. The first-order valence-electron chi connectivity index (χ1n) is 6.79. The summed E-state index contributed by atoms with van der Waals surface area (Å²) in [6.45, 7) is 1.28. The van der Waals surface area contributed by atoms with Gasteiger partial charge in [0, 0.05) is 13.0 Å². The van der Waals surface area contributed by atoms with Gasteiger partial charge in [0.15, 0.2) is 0 Å². The van der Waals surface area contributed by atoms with Gasteiger partial charge in [0.25, 0.3) is 0 Å². The van der Waals surface area contributed by atoms with Gasteiger partial charge in [-0.1, -0.05) is 13.3 Å². The number of rotatable bonds is 4. The lowest BCUT2D eigenvalue weighted by molar-refractivity contribution is -0.150. The summed E-state index contributed by atoms with van der Waals surface area (Å²) in [5.74, 6) is -1.49. The van der Waals surface area contributed by atoms with Gasteiger partial charge in [0.05, 0.1) is 12.1 Å². The Bertz CT molecular complexity index is 394. The van der Waals surface area contributed by atoms with E-state index in [-0.39, 0.29) is 12.5 Å². The van der Waals surface area contributed by atoms with E-state index < -0.39 is 29.8 Å². The summed E-state index contributed by atoms with van der Waals surface area (Å²) in [5, 5.41) is 27.9. The zero-order chi connectivity index (χ0) is 15.4. The predicted molar refractivity (Wildman–Crippen MR) is 66.0 cm³/mol. The average molecular weight is 288 g/mol. The lowest BCUT2D eigenvalue weighted by Crippen LogP contribution is -2.39. The van der Waals surface area contributed by atoms with E-state index in [1.54, 1.807) is 0 Å². The third-order valence-electron chi connectivity index (χ3n) is 4.37. The molecule has 3 atom stereocenters. The van der Waals surface area contributed by atoms with Crippen LogP contribution in [-0.4, -0.2) is 17.9 Å². The molecule has 0 aromatic carbocycles. The van der Waals surface area contributed by atoms with Crippen molar-refractivity contribution in [3.05, 3.63) is 0 Å². The van der Waals surface area contributed by atoms with E-state index in [1.807, 2.05) is 12.1 Å². The van der Waals surface area contributed by atoms with Crippen LogP contribution in [0.4, 0.5) is 13.2 Å². The highest BCUT2D eigenvalue weighted by Crippen LogP contribution is 2.47. The summed E-state index contributed by atoms with van der Waals surface area (Å²) in [7, 11) is 0. The van der Waals surface area contributed by atoms with E-state index in [4.69, 9.17) is 0 Å². The van der Waals surface area contributed by atoms with Crippen LogP contribution in [-0.2, 0) is 0 Å². The zero-order valence-corrected chi connectivity index (χ0v) is 11.5. The molecule has 0 saturated heterocycles. The fraction of sp³-hybridized carbons (Fsp3) is 0.857. The minimum atomic E-state index is -4.39. The number of nitriles is 2. The first kappa shape index (κ1) is 16.8. The summed E-state index contributed by atoms with van der Waals surface area (Å²) in [5.41, 5.74) is -1.62. The molecule has 20 heavy (non-hydrogen) atoms. The maximum atomic E-state index is 12.6. The number of aliphatic hydroxyl groups is 1. The highest BCUT2D eigenvalue weighted by molar-refractivity contribution is 5.19. The monoisotopic (exact) mass is 288 g/mol. The van der Waals surface area contributed by atoms with E-state index in [0.717, 1.165) is 12.8 Å². The quantitative estimate of drug-likeness (QED) is 0.862. The minimum Gasteiger partial charge on any atom is -0.396 e. The topological polar surface area (TPSA) is 67.8 Å². The Balaban J connectivity index is 2.97. The van der Waals surface area contributed by atoms with Crippen molar-refractivity contribution in [2.24, 2.45) is 23.2 Å². The molecule has 0 heterocycles. The second-order valence-corrected chi connectivity index (χ2v) is 5.73.